The minimum Gasteiger partial charge on any atom is -0.491 e. The molecule has 122 valence electrons. The Balaban J connectivity index is 2.14. The van der Waals surface area contributed by atoms with E-state index < -0.39 is 0 Å². The standard InChI is InChI=1S/C19H22O4/c1-3-18(20)17-10-9-16(22-12-11-21-2)13-19(17)23-14-15-7-5-4-6-8-15/h4-10,13H,3,11-12,14H2,1-2H3. The first-order valence-corrected chi connectivity index (χ1v) is 7.70. The van der Waals surface area contributed by atoms with Crippen LogP contribution in [-0.2, 0) is 11.3 Å². The zero-order valence-corrected chi connectivity index (χ0v) is 13.6. The molecule has 2 rings (SSSR count). The van der Waals surface area contributed by atoms with Gasteiger partial charge in [-0.3, -0.25) is 4.79 Å². The number of ketones is 1. The first kappa shape index (κ1) is 17.0. The lowest BCUT2D eigenvalue weighted by Crippen LogP contribution is -2.07. The van der Waals surface area contributed by atoms with Gasteiger partial charge in [0.25, 0.3) is 0 Å². The van der Waals surface area contributed by atoms with E-state index in [-0.39, 0.29) is 5.78 Å². The first-order chi connectivity index (χ1) is 11.2. The highest BCUT2D eigenvalue weighted by molar-refractivity contribution is 5.98. The van der Waals surface area contributed by atoms with Crippen LogP contribution in [0.4, 0.5) is 0 Å². The van der Waals surface area contributed by atoms with Crippen molar-refractivity contribution in [2.24, 2.45) is 0 Å². The van der Waals surface area contributed by atoms with Crippen molar-refractivity contribution in [3.8, 4) is 11.5 Å². The Kier molecular flexibility index (Phi) is 6.63. The fraction of sp³-hybridized carbons (Fsp3) is 0.316. The van der Waals surface area contributed by atoms with Gasteiger partial charge in [0.05, 0.1) is 12.2 Å². The number of carbonyl (C=O) groups is 1. The van der Waals surface area contributed by atoms with Gasteiger partial charge in [0.2, 0.25) is 0 Å². The van der Waals surface area contributed by atoms with Crippen molar-refractivity contribution >= 4 is 5.78 Å². The summed E-state index contributed by atoms with van der Waals surface area (Å²) in [6.07, 6.45) is 0.436. The van der Waals surface area contributed by atoms with Gasteiger partial charge in [0.15, 0.2) is 5.78 Å². The minimum atomic E-state index is 0.0523. The zero-order valence-electron chi connectivity index (χ0n) is 13.6. The van der Waals surface area contributed by atoms with E-state index in [0.717, 1.165) is 5.56 Å². The van der Waals surface area contributed by atoms with Crippen LogP contribution in [0.15, 0.2) is 48.5 Å². The fourth-order valence-corrected chi connectivity index (χ4v) is 2.11. The van der Waals surface area contributed by atoms with Gasteiger partial charge in [0, 0.05) is 19.6 Å². The summed E-state index contributed by atoms with van der Waals surface area (Å²) < 4.78 is 16.4. The Hall–Kier alpha value is -2.33. The predicted octanol–water partition coefficient (Wildman–Crippen LogP) is 3.88. The largest absolute Gasteiger partial charge is 0.491 e. The smallest absolute Gasteiger partial charge is 0.166 e. The van der Waals surface area contributed by atoms with Crippen LogP contribution in [0, 0.1) is 0 Å². The highest BCUT2D eigenvalue weighted by atomic mass is 16.5. The van der Waals surface area contributed by atoms with Crippen molar-refractivity contribution in [1.82, 2.24) is 0 Å². The summed E-state index contributed by atoms with van der Waals surface area (Å²) in [6, 6.07) is 15.2. The van der Waals surface area contributed by atoms with Crippen LogP contribution in [0.3, 0.4) is 0 Å². The molecule has 0 fully saturated rings. The van der Waals surface area contributed by atoms with E-state index in [1.807, 2.05) is 37.3 Å². The highest BCUT2D eigenvalue weighted by Gasteiger charge is 2.12. The average molecular weight is 314 g/mol. The molecule has 0 radical (unpaired) electrons. The highest BCUT2D eigenvalue weighted by Crippen LogP contribution is 2.27. The zero-order chi connectivity index (χ0) is 16.5. The molecule has 23 heavy (non-hydrogen) atoms. The number of ether oxygens (including phenoxy) is 3. The molecule has 0 N–H and O–H groups in total. The number of hydrogen-bond acceptors (Lipinski definition) is 4. The third kappa shape index (κ3) is 5.11. The maximum absolute atomic E-state index is 12.1. The van der Waals surface area contributed by atoms with Gasteiger partial charge < -0.3 is 14.2 Å². The molecule has 0 bridgehead atoms. The molecule has 0 amide bonds. The summed E-state index contributed by atoms with van der Waals surface area (Å²) in [7, 11) is 1.63. The van der Waals surface area contributed by atoms with Gasteiger partial charge in [-0.05, 0) is 17.7 Å². The summed E-state index contributed by atoms with van der Waals surface area (Å²) in [4.78, 5) is 12.1. The Bertz CT molecular complexity index is 623. The quantitative estimate of drug-likeness (QED) is 0.520. The molecule has 0 unspecified atom stereocenters. The molecule has 2 aromatic rings. The maximum Gasteiger partial charge on any atom is 0.166 e. The lowest BCUT2D eigenvalue weighted by Gasteiger charge is -2.13. The molecule has 0 saturated carbocycles. The summed E-state index contributed by atoms with van der Waals surface area (Å²) in [5.74, 6) is 1.27. The van der Waals surface area contributed by atoms with Crippen molar-refractivity contribution < 1.29 is 19.0 Å². The molecular formula is C19H22O4. The summed E-state index contributed by atoms with van der Waals surface area (Å²) in [6.45, 7) is 3.21. The third-order valence-corrected chi connectivity index (χ3v) is 3.37. The molecule has 0 aromatic heterocycles. The second kappa shape index (κ2) is 8.96. The lowest BCUT2D eigenvalue weighted by atomic mass is 10.1. The van der Waals surface area contributed by atoms with Crippen LogP contribution in [-0.4, -0.2) is 26.1 Å². The second-order valence-corrected chi connectivity index (χ2v) is 5.05. The molecule has 4 nitrogen and oxygen atoms in total. The molecule has 0 aliphatic carbocycles. The van der Waals surface area contributed by atoms with E-state index in [1.165, 1.54) is 0 Å². The second-order valence-electron chi connectivity index (χ2n) is 5.05. The van der Waals surface area contributed by atoms with Gasteiger partial charge >= 0.3 is 0 Å². The van der Waals surface area contributed by atoms with E-state index in [1.54, 1.807) is 25.3 Å². The average Bonchev–Trinajstić information content (AvgIpc) is 2.60. The summed E-state index contributed by atoms with van der Waals surface area (Å²) in [5.41, 5.74) is 1.63. The van der Waals surface area contributed by atoms with Crippen molar-refractivity contribution in [3.63, 3.8) is 0 Å². The number of hydrogen-bond donors (Lipinski definition) is 0. The maximum atomic E-state index is 12.1. The van der Waals surface area contributed by atoms with Gasteiger partial charge in [-0.15, -0.1) is 0 Å². The van der Waals surface area contributed by atoms with Crippen LogP contribution in [0.25, 0.3) is 0 Å². The monoisotopic (exact) mass is 314 g/mol. The van der Waals surface area contributed by atoms with Gasteiger partial charge in [-0.2, -0.15) is 0 Å². The number of methoxy groups -OCH3 is 1. The van der Waals surface area contributed by atoms with Crippen LogP contribution < -0.4 is 9.47 Å². The summed E-state index contributed by atoms with van der Waals surface area (Å²) in [5, 5.41) is 0. The third-order valence-electron chi connectivity index (χ3n) is 3.37. The van der Waals surface area contributed by atoms with E-state index in [0.29, 0.717) is 43.3 Å². The van der Waals surface area contributed by atoms with E-state index >= 15 is 0 Å². The number of Topliss-reactive ketones (excluding diaryl/α,β-unsaturated/α-hetero) is 1. The normalized spacial score (nSPS) is 10.3. The molecule has 0 heterocycles. The van der Waals surface area contributed by atoms with Crippen molar-refractivity contribution in [2.75, 3.05) is 20.3 Å². The molecule has 0 saturated heterocycles. The van der Waals surface area contributed by atoms with Gasteiger partial charge in [-0.25, -0.2) is 0 Å². The van der Waals surface area contributed by atoms with Crippen LogP contribution in [0.2, 0.25) is 0 Å². The molecule has 2 aromatic carbocycles. The van der Waals surface area contributed by atoms with Crippen LogP contribution in [0.5, 0.6) is 11.5 Å². The van der Waals surface area contributed by atoms with Gasteiger partial charge in [-0.1, -0.05) is 37.3 Å². The number of carbonyl (C=O) groups excluding carboxylic acids is 1. The Morgan fingerprint density at radius 3 is 2.48 bits per heavy atom. The van der Waals surface area contributed by atoms with Crippen LogP contribution >= 0.6 is 0 Å². The van der Waals surface area contributed by atoms with Crippen molar-refractivity contribution in [1.29, 1.82) is 0 Å². The Morgan fingerprint density at radius 2 is 1.78 bits per heavy atom. The molecule has 0 aliphatic heterocycles. The summed E-state index contributed by atoms with van der Waals surface area (Å²) >= 11 is 0. The molecule has 0 atom stereocenters. The van der Waals surface area contributed by atoms with Crippen molar-refractivity contribution in [3.05, 3.63) is 59.7 Å². The fourth-order valence-electron chi connectivity index (χ4n) is 2.11. The molecule has 0 aliphatic rings. The first-order valence-electron chi connectivity index (χ1n) is 7.70. The van der Waals surface area contributed by atoms with Crippen LogP contribution in [0.1, 0.15) is 29.3 Å². The lowest BCUT2D eigenvalue weighted by molar-refractivity contribution is 0.0983. The SMILES string of the molecule is CCC(=O)c1ccc(OCCOC)cc1OCc1ccccc1. The van der Waals surface area contributed by atoms with Crippen molar-refractivity contribution in [2.45, 2.75) is 20.0 Å². The Labute approximate surface area is 137 Å². The predicted molar refractivity (Wildman–Crippen MR) is 89.2 cm³/mol. The minimum absolute atomic E-state index is 0.0523. The van der Waals surface area contributed by atoms with E-state index in [4.69, 9.17) is 14.2 Å². The topological polar surface area (TPSA) is 44.8 Å². The van der Waals surface area contributed by atoms with E-state index in [9.17, 15) is 4.79 Å². The molecule has 4 heteroatoms. The number of rotatable bonds is 9. The molecular weight excluding hydrogens is 292 g/mol. The van der Waals surface area contributed by atoms with Gasteiger partial charge in [0.1, 0.15) is 24.7 Å². The number of benzene rings is 2. The molecule has 0 spiro atoms. The van der Waals surface area contributed by atoms with E-state index in [2.05, 4.69) is 0 Å². The Morgan fingerprint density at radius 1 is 1.00 bits per heavy atom.